The predicted molar refractivity (Wildman–Crippen MR) is 231 cm³/mol. The number of nitrogens with one attached hydrogen (secondary N) is 3. The van der Waals surface area contributed by atoms with Gasteiger partial charge in [-0.2, -0.15) is 5.10 Å². The summed E-state index contributed by atoms with van der Waals surface area (Å²) in [7, 11) is 0. The molecule has 3 aromatic heterocycles. The van der Waals surface area contributed by atoms with Gasteiger partial charge in [0.15, 0.2) is 11.4 Å². The number of hydrogen-bond acceptors (Lipinski definition) is 13. The Kier molecular flexibility index (Phi) is 10.6. The summed E-state index contributed by atoms with van der Waals surface area (Å²) >= 11 is 0. The van der Waals surface area contributed by atoms with Crippen LogP contribution in [0.4, 0.5) is 26.0 Å². The molecular formula is C46H51F2N11O6. The molecule has 1 aromatic carbocycles. The number of amides is 5. The highest BCUT2D eigenvalue weighted by atomic mass is 19.3. The van der Waals surface area contributed by atoms with Gasteiger partial charge in [-0.1, -0.05) is 6.07 Å². The van der Waals surface area contributed by atoms with Crippen LogP contribution in [0, 0.1) is 17.3 Å². The summed E-state index contributed by atoms with van der Waals surface area (Å²) in [6.45, 7) is 5.10. The van der Waals surface area contributed by atoms with Crippen molar-refractivity contribution in [3.05, 3.63) is 65.4 Å². The lowest BCUT2D eigenvalue weighted by molar-refractivity contribution is -0.136. The maximum Gasteiger partial charge on any atom is 0.284 e. The van der Waals surface area contributed by atoms with Crippen molar-refractivity contribution in [2.24, 2.45) is 17.3 Å². The summed E-state index contributed by atoms with van der Waals surface area (Å²) in [5, 5.41) is 12.7. The Morgan fingerprint density at radius 1 is 0.938 bits per heavy atom. The molecule has 2 unspecified atom stereocenters. The van der Waals surface area contributed by atoms with Gasteiger partial charge in [0.2, 0.25) is 11.8 Å². The zero-order chi connectivity index (χ0) is 44.6. The minimum atomic E-state index is -2.88. The van der Waals surface area contributed by atoms with E-state index in [0.29, 0.717) is 59.5 Å². The number of hydrogen-bond donors (Lipinski definition) is 3. The quantitative estimate of drug-likeness (QED) is 0.168. The number of rotatable bonds is 11. The lowest BCUT2D eigenvalue weighted by atomic mass is 9.57. The molecule has 3 atom stereocenters. The van der Waals surface area contributed by atoms with E-state index in [1.807, 2.05) is 6.07 Å². The van der Waals surface area contributed by atoms with Gasteiger partial charge in [-0.25, -0.2) is 23.7 Å². The topological polar surface area (TPSA) is 197 Å². The number of benzene rings is 1. The monoisotopic (exact) mass is 891 g/mol. The lowest BCUT2D eigenvalue weighted by Gasteiger charge is -2.53. The van der Waals surface area contributed by atoms with Crippen LogP contribution in [0.2, 0.25) is 0 Å². The zero-order valence-corrected chi connectivity index (χ0v) is 35.9. The minimum Gasteiger partial charge on any atom is -0.384 e. The second kappa shape index (κ2) is 16.5. The van der Waals surface area contributed by atoms with Crippen molar-refractivity contribution in [2.75, 3.05) is 54.9 Å². The van der Waals surface area contributed by atoms with Gasteiger partial charge < -0.3 is 25.2 Å². The molecule has 7 aliphatic rings. The number of likely N-dealkylation sites (tertiary alicyclic amines) is 1. The number of ether oxygens (including phenoxy) is 1. The van der Waals surface area contributed by atoms with Crippen molar-refractivity contribution in [3.8, 4) is 0 Å². The number of imide groups is 2. The van der Waals surface area contributed by atoms with E-state index < -0.39 is 47.7 Å². The van der Waals surface area contributed by atoms with Crippen molar-refractivity contribution in [1.29, 1.82) is 0 Å². The molecule has 4 saturated heterocycles. The number of carbonyl (C=O) groups is 5. The van der Waals surface area contributed by atoms with Crippen LogP contribution in [0.25, 0.3) is 11.0 Å². The van der Waals surface area contributed by atoms with Gasteiger partial charge in [-0.05, 0) is 119 Å². The third kappa shape index (κ3) is 7.68. The standard InChI is InChI=1S/C46H51F2N11O6/c47-41(48)39-33(52-43(62)40-38-32(50-24-51-40)8-10-35(53-38)57-21-29-16-28(57)23-65-29)22-58(55-39)27-6-4-25(5-7-27)20-56-14-12-46(13-15-56)17-26(18-46)19-49-31-3-1-2-30-37(31)45(64)59(44(30)63)34-9-11-36(60)54-42(34)61/h1-3,8,10,22,24-29,34,41,49H,4-7,9,11-21,23H2,(H,52,62)(H,54,60,61)/t25-,27-,28?,29-,34?/m1/s1. The Bertz CT molecular complexity index is 2580. The van der Waals surface area contributed by atoms with Crippen molar-refractivity contribution in [2.45, 2.75) is 101 Å². The number of morpholine rings is 1. The van der Waals surface area contributed by atoms with Crippen LogP contribution in [0.3, 0.4) is 0 Å². The van der Waals surface area contributed by atoms with Crippen molar-refractivity contribution in [3.63, 3.8) is 0 Å². The number of pyridine rings is 1. The molecule has 0 radical (unpaired) electrons. The number of carbonyl (C=O) groups excluding carboxylic acids is 5. The van der Waals surface area contributed by atoms with Gasteiger partial charge in [-0.3, -0.25) is 38.9 Å². The Labute approximate surface area is 373 Å². The van der Waals surface area contributed by atoms with E-state index in [-0.39, 0.29) is 53.5 Å². The van der Waals surface area contributed by atoms with Gasteiger partial charge in [-0.15, -0.1) is 0 Å². The van der Waals surface area contributed by atoms with E-state index in [9.17, 15) is 32.8 Å². The average molecular weight is 892 g/mol. The molecule has 3 N–H and O–H groups in total. The number of fused-ring (bicyclic) bond motifs is 4. The Morgan fingerprint density at radius 2 is 1.75 bits per heavy atom. The van der Waals surface area contributed by atoms with Crippen LogP contribution in [0.1, 0.15) is 120 Å². The largest absolute Gasteiger partial charge is 0.384 e. The fourth-order valence-corrected chi connectivity index (χ4v) is 11.8. The molecule has 2 aliphatic carbocycles. The highest BCUT2D eigenvalue weighted by Gasteiger charge is 2.48. The van der Waals surface area contributed by atoms with Crippen molar-refractivity contribution >= 4 is 57.8 Å². The first-order valence-electron chi connectivity index (χ1n) is 23.0. The zero-order valence-electron chi connectivity index (χ0n) is 35.9. The first-order valence-corrected chi connectivity index (χ1v) is 23.0. The van der Waals surface area contributed by atoms with Crippen LogP contribution in [-0.2, 0) is 14.3 Å². The molecule has 2 saturated carbocycles. The summed E-state index contributed by atoms with van der Waals surface area (Å²) < 4.78 is 36.1. The fourth-order valence-electron chi connectivity index (χ4n) is 11.8. The molecular weight excluding hydrogens is 841 g/mol. The molecule has 340 valence electrons. The molecule has 2 bridgehead atoms. The van der Waals surface area contributed by atoms with Gasteiger partial charge in [0.1, 0.15) is 23.7 Å². The highest BCUT2D eigenvalue weighted by Crippen LogP contribution is 2.53. The smallest absolute Gasteiger partial charge is 0.284 e. The molecule has 8 heterocycles. The maximum atomic E-state index is 14.4. The number of anilines is 3. The number of aromatic nitrogens is 5. The van der Waals surface area contributed by atoms with Crippen molar-refractivity contribution < 1.29 is 37.5 Å². The Balaban J connectivity index is 0.651. The maximum absolute atomic E-state index is 14.4. The van der Waals surface area contributed by atoms with Crippen molar-refractivity contribution in [1.82, 2.24) is 39.8 Å². The van der Waals surface area contributed by atoms with Crippen LogP contribution in [0.5, 0.6) is 0 Å². The second-order valence-electron chi connectivity index (χ2n) is 19.2. The summed E-state index contributed by atoms with van der Waals surface area (Å²) in [5.74, 6) is -1.05. The van der Waals surface area contributed by atoms with Crippen LogP contribution in [0.15, 0.2) is 42.9 Å². The summed E-state index contributed by atoms with van der Waals surface area (Å²) in [6.07, 6.45) is 9.19. The number of halogens is 2. The molecule has 1 spiro atoms. The molecule has 65 heavy (non-hydrogen) atoms. The first kappa shape index (κ1) is 41.7. The Hall–Kier alpha value is -5.95. The second-order valence-corrected chi connectivity index (χ2v) is 19.2. The molecule has 6 fully saturated rings. The van der Waals surface area contributed by atoms with E-state index in [2.05, 4.69) is 40.8 Å². The lowest BCUT2D eigenvalue weighted by Crippen LogP contribution is -2.54. The highest BCUT2D eigenvalue weighted by molar-refractivity contribution is 6.25. The average Bonchev–Trinajstić information content (AvgIpc) is 4.10. The van der Waals surface area contributed by atoms with E-state index >= 15 is 0 Å². The van der Waals surface area contributed by atoms with E-state index in [1.165, 1.54) is 12.5 Å². The SMILES string of the molecule is O=C1CCC(N2C(=O)c3cccc(NCC4CC5(CCN(C[C@H]6CC[C@H](n7cc(NC(=O)c8ncnc9ccc(N%10C[C@H]%11CC%10CO%11)nc89)c(C(F)F)n7)CC6)CC5)C4)c3C2=O)C(=O)N1. The van der Waals surface area contributed by atoms with E-state index in [0.717, 1.165) is 82.3 Å². The third-order valence-corrected chi connectivity index (χ3v) is 15.2. The summed E-state index contributed by atoms with van der Waals surface area (Å²) in [5.41, 5.74) is 1.76. The van der Waals surface area contributed by atoms with E-state index in [4.69, 9.17) is 9.72 Å². The van der Waals surface area contributed by atoms with Gasteiger partial charge >= 0.3 is 0 Å². The molecule has 17 nitrogen and oxygen atoms in total. The van der Waals surface area contributed by atoms with E-state index in [1.54, 1.807) is 28.9 Å². The summed E-state index contributed by atoms with van der Waals surface area (Å²) in [4.78, 5) is 83.7. The van der Waals surface area contributed by atoms with Crippen LogP contribution >= 0.6 is 0 Å². The third-order valence-electron chi connectivity index (χ3n) is 15.2. The number of alkyl halides is 2. The fraction of sp³-hybridized carbons (Fsp3) is 0.543. The van der Waals surface area contributed by atoms with Gasteiger partial charge in [0, 0.05) is 37.9 Å². The van der Waals surface area contributed by atoms with Crippen LogP contribution in [-0.4, -0.2) is 122 Å². The van der Waals surface area contributed by atoms with Crippen LogP contribution < -0.4 is 20.9 Å². The number of nitrogens with zero attached hydrogens (tertiary/aromatic N) is 8. The molecule has 5 amide bonds. The first-order chi connectivity index (χ1) is 31.5. The summed E-state index contributed by atoms with van der Waals surface area (Å²) in [6, 6.07) is 8.00. The number of piperidine rings is 2. The minimum absolute atomic E-state index is 0.00993. The predicted octanol–water partition coefficient (Wildman–Crippen LogP) is 5.13. The Morgan fingerprint density at radius 3 is 2.49 bits per heavy atom. The molecule has 19 heteroatoms. The normalized spacial score (nSPS) is 26.6. The molecule has 5 aliphatic heterocycles. The molecule has 4 aromatic rings. The van der Waals surface area contributed by atoms with Gasteiger partial charge in [0.05, 0.1) is 47.1 Å². The van der Waals surface area contributed by atoms with Gasteiger partial charge in [0.25, 0.3) is 24.1 Å². The molecule has 11 rings (SSSR count).